The average Bonchev–Trinajstić information content (AvgIpc) is 2.97. The minimum atomic E-state index is -4.43. The molecule has 0 saturated heterocycles. The number of halogens is 1. The number of methoxy groups -OCH3 is 3. The predicted octanol–water partition coefficient (Wildman–Crippen LogP) is 5.20. The summed E-state index contributed by atoms with van der Waals surface area (Å²) in [4.78, 5) is 28.7. The van der Waals surface area contributed by atoms with Crippen LogP contribution in [0.4, 0.5) is 5.69 Å². The molecule has 10 nitrogen and oxygen atoms in total. The molecule has 0 aliphatic rings. The molecule has 44 heavy (non-hydrogen) atoms. The van der Waals surface area contributed by atoms with Gasteiger partial charge in [0.15, 0.2) is 11.5 Å². The molecular weight excluding hydrogens is 606 g/mol. The van der Waals surface area contributed by atoms with E-state index >= 15 is 0 Å². The summed E-state index contributed by atoms with van der Waals surface area (Å²) in [6.07, 6.45) is 0. The van der Waals surface area contributed by atoms with E-state index < -0.39 is 34.1 Å². The lowest BCUT2D eigenvalue weighted by Crippen LogP contribution is -2.54. The molecule has 1 N–H and O–H groups in total. The van der Waals surface area contributed by atoms with Gasteiger partial charge in [0.1, 0.15) is 18.3 Å². The molecule has 0 unspecified atom stereocenters. The molecule has 3 aromatic rings. The van der Waals surface area contributed by atoms with E-state index in [0.717, 1.165) is 15.4 Å². The zero-order chi connectivity index (χ0) is 32.8. The second-order valence-corrected chi connectivity index (χ2v) is 13.6. The summed E-state index contributed by atoms with van der Waals surface area (Å²) in [7, 11) is -0.215. The summed E-state index contributed by atoms with van der Waals surface area (Å²) in [5.41, 5.74) is 1.30. The second kappa shape index (κ2) is 14.2. The Morgan fingerprint density at radius 1 is 0.886 bits per heavy atom. The Morgan fingerprint density at radius 3 is 2.05 bits per heavy atom. The molecule has 0 bridgehead atoms. The first-order chi connectivity index (χ1) is 20.6. The van der Waals surface area contributed by atoms with E-state index in [1.807, 2.05) is 52.0 Å². The number of carbonyl (C=O) groups is 2. The van der Waals surface area contributed by atoms with E-state index in [9.17, 15) is 18.0 Å². The number of hydrogen-bond donors (Lipinski definition) is 1. The standard InChI is InChI=1S/C32H40ClN3O7S/c1-21-9-11-23(12-10-21)19-35(22(2)31(38)34-32(3,4)5)30(37)20-36(26-17-24(33)13-15-27(26)41-6)44(39,40)25-14-16-28(42-7)29(18-25)43-8/h9-18,22H,19-20H2,1-8H3,(H,34,38)/t22-/m1/s1. The number of sulfonamides is 1. The fraction of sp³-hybridized carbons (Fsp3) is 0.375. The number of hydrogen-bond acceptors (Lipinski definition) is 7. The van der Waals surface area contributed by atoms with Crippen LogP contribution in [0.2, 0.25) is 5.02 Å². The monoisotopic (exact) mass is 645 g/mol. The molecule has 0 heterocycles. The van der Waals surface area contributed by atoms with Crippen molar-refractivity contribution in [1.82, 2.24) is 10.2 Å². The van der Waals surface area contributed by atoms with Crippen molar-refractivity contribution < 1.29 is 32.2 Å². The zero-order valence-electron chi connectivity index (χ0n) is 26.3. The smallest absolute Gasteiger partial charge is 0.265 e. The van der Waals surface area contributed by atoms with Crippen LogP contribution in [-0.2, 0) is 26.2 Å². The van der Waals surface area contributed by atoms with Crippen molar-refractivity contribution in [2.24, 2.45) is 0 Å². The fourth-order valence-electron chi connectivity index (χ4n) is 4.42. The number of ether oxygens (including phenoxy) is 3. The van der Waals surface area contributed by atoms with Gasteiger partial charge in [0, 0.05) is 23.2 Å². The van der Waals surface area contributed by atoms with Crippen molar-refractivity contribution in [3.8, 4) is 17.2 Å². The van der Waals surface area contributed by atoms with Crippen molar-refractivity contribution >= 4 is 39.1 Å². The molecule has 0 aromatic heterocycles. The quantitative estimate of drug-likeness (QED) is 0.288. The maximum atomic E-state index is 14.3. The summed E-state index contributed by atoms with van der Waals surface area (Å²) in [6, 6.07) is 15.2. The molecule has 12 heteroatoms. The van der Waals surface area contributed by atoms with E-state index in [0.29, 0.717) is 5.75 Å². The van der Waals surface area contributed by atoms with Crippen molar-refractivity contribution in [3.63, 3.8) is 0 Å². The number of benzene rings is 3. The minimum absolute atomic E-state index is 0.0465. The molecule has 0 spiro atoms. The SMILES string of the molecule is COc1ccc(S(=O)(=O)N(CC(=O)N(Cc2ccc(C)cc2)[C@H](C)C(=O)NC(C)(C)C)c2cc(Cl)ccc2OC)cc1OC. The number of anilines is 1. The Balaban J connectivity index is 2.15. The molecule has 0 fully saturated rings. The first-order valence-electron chi connectivity index (χ1n) is 13.9. The van der Waals surface area contributed by atoms with Gasteiger partial charge < -0.3 is 24.4 Å². The van der Waals surface area contributed by atoms with E-state index in [1.54, 1.807) is 13.0 Å². The molecule has 0 radical (unpaired) electrons. The number of carbonyl (C=O) groups excluding carboxylic acids is 2. The van der Waals surface area contributed by atoms with Crippen LogP contribution in [0, 0.1) is 6.92 Å². The molecule has 238 valence electrons. The third-order valence-electron chi connectivity index (χ3n) is 6.77. The molecule has 3 rings (SSSR count). The van der Waals surface area contributed by atoms with Crippen molar-refractivity contribution in [1.29, 1.82) is 0 Å². The van der Waals surface area contributed by atoms with Crippen LogP contribution < -0.4 is 23.8 Å². The van der Waals surface area contributed by atoms with E-state index in [1.165, 1.54) is 56.6 Å². The third kappa shape index (κ3) is 8.35. The first-order valence-corrected chi connectivity index (χ1v) is 15.7. The van der Waals surface area contributed by atoms with Gasteiger partial charge in [0.25, 0.3) is 10.0 Å². The van der Waals surface area contributed by atoms with Gasteiger partial charge in [0.2, 0.25) is 11.8 Å². The number of rotatable bonds is 12. The van der Waals surface area contributed by atoms with Gasteiger partial charge in [-0.25, -0.2) is 8.42 Å². The normalized spacial score (nSPS) is 12.2. The number of nitrogens with one attached hydrogen (secondary N) is 1. The van der Waals surface area contributed by atoms with Crippen LogP contribution in [0.5, 0.6) is 17.2 Å². The van der Waals surface area contributed by atoms with Crippen LogP contribution in [0.15, 0.2) is 65.6 Å². The molecule has 0 saturated carbocycles. The molecule has 3 aromatic carbocycles. The highest BCUT2D eigenvalue weighted by atomic mass is 35.5. The van der Waals surface area contributed by atoms with E-state index in [-0.39, 0.29) is 39.6 Å². The lowest BCUT2D eigenvalue weighted by molar-refractivity contribution is -0.140. The fourth-order valence-corrected chi connectivity index (χ4v) is 6.02. The molecule has 2 amide bonds. The largest absolute Gasteiger partial charge is 0.495 e. The Hall–Kier alpha value is -3.96. The number of nitrogens with zero attached hydrogens (tertiary/aromatic N) is 2. The average molecular weight is 646 g/mol. The molecule has 0 aliphatic heterocycles. The van der Waals surface area contributed by atoms with Crippen LogP contribution >= 0.6 is 11.6 Å². The summed E-state index contributed by atoms with van der Waals surface area (Å²) < 4.78 is 45.6. The van der Waals surface area contributed by atoms with Gasteiger partial charge in [-0.1, -0.05) is 41.4 Å². The van der Waals surface area contributed by atoms with Crippen LogP contribution in [0.25, 0.3) is 0 Å². The summed E-state index contributed by atoms with van der Waals surface area (Å²) in [6.45, 7) is 8.48. The van der Waals surface area contributed by atoms with Gasteiger partial charge in [-0.2, -0.15) is 0 Å². The lowest BCUT2D eigenvalue weighted by Gasteiger charge is -2.33. The molecular formula is C32H40ClN3O7S. The Morgan fingerprint density at radius 2 is 1.48 bits per heavy atom. The van der Waals surface area contributed by atoms with Crippen molar-refractivity contribution in [2.75, 3.05) is 32.2 Å². The first kappa shape index (κ1) is 34.5. The lowest BCUT2D eigenvalue weighted by atomic mass is 10.1. The van der Waals surface area contributed by atoms with Gasteiger partial charge in [0.05, 0.1) is 31.9 Å². The maximum Gasteiger partial charge on any atom is 0.265 e. The maximum absolute atomic E-state index is 14.3. The Labute approximate surface area is 264 Å². The highest BCUT2D eigenvalue weighted by molar-refractivity contribution is 7.92. The highest BCUT2D eigenvalue weighted by Gasteiger charge is 2.35. The second-order valence-electron chi connectivity index (χ2n) is 11.3. The molecule has 1 atom stereocenters. The topological polar surface area (TPSA) is 114 Å². The van der Waals surface area contributed by atoms with Crippen molar-refractivity contribution in [3.05, 3.63) is 76.8 Å². The third-order valence-corrected chi connectivity index (χ3v) is 8.76. The van der Waals surface area contributed by atoms with Gasteiger partial charge in [-0.15, -0.1) is 0 Å². The Kier molecular flexibility index (Phi) is 11.2. The number of amides is 2. The Bertz CT molecular complexity index is 1590. The minimum Gasteiger partial charge on any atom is -0.495 e. The number of aryl methyl sites for hydroxylation is 1. The van der Waals surface area contributed by atoms with E-state index in [2.05, 4.69) is 5.32 Å². The highest BCUT2D eigenvalue weighted by Crippen LogP contribution is 2.37. The van der Waals surface area contributed by atoms with Crippen LogP contribution in [0.1, 0.15) is 38.8 Å². The molecule has 0 aliphatic carbocycles. The zero-order valence-corrected chi connectivity index (χ0v) is 27.9. The van der Waals surface area contributed by atoms with Crippen LogP contribution in [-0.4, -0.2) is 64.6 Å². The summed E-state index contributed by atoms with van der Waals surface area (Å²) in [5, 5.41) is 3.14. The van der Waals surface area contributed by atoms with Gasteiger partial charge >= 0.3 is 0 Å². The van der Waals surface area contributed by atoms with Gasteiger partial charge in [-0.05, 0) is 70.5 Å². The van der Waals surface area contributed by atoms with Crippen molar-refractivity contribution in [2.45, 2.75) is 57.6 Å². The summed E-state index contributed by atoms with van der Waals surface area (Å²) >= 11 is 6.31. The van der Waals surface area contributed by atoms with Crippen LogP contribution in [0.3, 0.4) is 0 Å². The van der Waals surface area contributed by atoms with E-state index in [4.69, 9.17) is 25.8 Å². The van der Waals surface area contributed by atoms with Gasteiger partial charge in [-0.3, -0.25) is 13.9 Å². The summed E-state index contributed by atoms with van der Waals surface area (Å²) in [5.74, 6) is -0.306. The predicted molar refractivity (Wildman–Crippen MR) is 171 cm³/mol.